The molecule has 9 N–H and O–H groups in total. The number of allylic oxidation sites excluding steroid dienone is 2. The maximum atomic E-state index is 12.3. The molecule has 0 spiro atoms. The Bertz CT molecular complexity index is 1730. The van der Waals surface area contributed by atoms with Crippen LogP contribution >= 0.6 is 0 Å². The molecule has 1 aliphatic heterocycles. The quantitative estimate of drug-likeness (QED) is 0.0966. The van der Waals surface area contributed by atoms with Crippen LogP contribution in [0.5, 0.6) is 5.75 Å². The Morgan fingerprint density at radius 1 is 1.00 bits per heavy atom. The smallest absolute Gasteiger partial charge is 0.304 e. The Labute approximate surface area is 338 Å². The maximum Gasteiger partial charge on any atom is 0.304 e. The average molecular weight is 788 g/mol. The first-order valence-electron chi connectivity index (χ1n) is 21.1. The van der Waals surface area contributed by atoms with Gasteiger partial charge in [0.15, 0.2) is 0 Å². The van der Waals surface area contributed by atoms with Crippen molar-refractivity contribution < 1.29 is 45.6 Å². The number of fused-ring (bicyclic) bond motifs is 5. The van der Waals surface area contributed by atoms with Crippen molar-refractivity contribution in [3.8, 4) is 17.6 Å². The number of nitrogens with one attached hydrogen (secondary N) is 1. The summed E-state index contributed by atoms with van der Waals surface area (Å²) >= 11 is 0. The molecule has 0 aromatic heterocycles. The number of phenols is 1. The number of carbonyl (C=O) groups is 1. The highest BCUT2D eigenvalue weighted by Crippen LogP contribution is 2.47. The van der Waals surface area contributed by atoms with E-state index in [2.05, 4.69) is 29.3 Å². The fraction of sp³-hybridized carbons (Fsp3) is 0.596. The third-order valence-corrected chi connectivity index (χ3v) is 12.9. The van der Waals surface area contributed by atoms with E-state index in [1.165, 1.54) is 0 Å². The number of aliphatic hydroxyl groups excluding tert-OH is 5. The van der Waals surface area contributed by atoms with E-state index in [1.54, 1.807) is 37.3 Å². The van der Waals surface area contributed by atoms with E-state index >= 15 is 0 Å². The van der Waals surface area contributed by atoms with Gasteiger partial charge in [-0.2, -0.15) is 0 Å². The van der Waals surface area contributed by atoms with Gasteiger partial charge >= 0.3 is 5.97 Å². The first-order valence-corrected chi connectivity index (χ1v) is 21.1. The molecule has 1 fully saturated rings. The van der Waals surface area contributed by atoms with Crippen LogP contribution in [-0.2, 0) is 11.2 Å². The number of carboxylic acids is 1. The minimum atomic E-state index is -1.43. The van der Waals surface area contributed by atoms with Crippen LogP contribution in [-0.4, -0.2) is 96.0 Å². The zero-order valence-electron chi connectivity index (χ0n) is 33.7. The van der Waals surface area contributed by atoms with Gasteiger partial charge in [0, 0.05) is 23.9 Å². The monoisotopic (exact) mass is 787 g/mol. The molecule has 2 bridgehead atoms. The van der Waals surface area contributed by atoms with Crippen LogP contribution < -0.4 is 5.32 Å². The lowest BCUT2D eigenvalue weighted by Gasteiger charge is -2.40. The molecule has 57 heavy (non-hydrogen) atoms. The molecule has 10 nitrogen and oxygen atoms in total. The third kappa shape index (κ3) is 11.6. The zero-order chi connectivity index (χ0) is 41.2. The van der Waals surface area contributed by atoms with Crippen LogP contribution in [0.25, 0.3) is 0 Å². The number of aliphatic hydroxyl groups is 6. The first kappa shape index (κ1) is 44.6. The van der Waals surface area contributed by atoms with E-state index in [1.807, 2.05) is 25.1 Å². The number of aromatic hydroxyl groups is 1. The van der Waals surface area contributed by atoms with Crippen molar-refractivity contribution >= 4 is 5.97 Å². The van der Waals surface area contributed by atoms with E-state index in [-0.39, 0.29) is 37.0 Å². The Balaban J connectivity index is 1.69. The summed E-state index contributed by atoms with van der Waals surface area (Å²) in [7, 11) is 0. The Morgan fingerprint density at radius 3 is 2.40 bits per heavy atom. The molecule has 10 heteroatoms. The van der Waals surface area contributed by atoms with E-state index in [0.29, 0.717) is 51.4 Å². The highest BCUT2D eigenvalue weighted by atomic mass is 16.4. The summed E-state index contributed by atoms with van der Waals surface area (Å²) in [5.74, 6) is 5.07. The van der Waals surface area contributed by atoms with Crippen LogP contribution in [0, 0.1) is 23.2 Å². The summed E-state index contributed by atoms with van der Waals surface area (Å²) in [6.07, 6.45) is 7.01. The molecule has 9 atom stereocenters. The van der Waals surface area contributed by atoms with Gasteiger partial charge < -0.3 is 46.2 Å². The first-order chi connectivity index (χ1) is 27.3. The van der Waals surface area contributed by atoms with E-state index < -0.39 is 60.0 Å². The largest absolute Gasteiger partial charge is 0.508 e. The molecule has 2 aromatic rings. The molecule has 0 radical (unpaired) electrons. The number of rotatable bonds is 16. The van der Waals surface area contributed by atoms with Crippen molar-refractivity contribution in [1.29, 1.82) is 0 Å². The summed E-state index contributed by atoms with van der Waals surface area (Å²) < 4.78 is 0. The molecule has 2 aliphatic carbocycles. The minimum absolute atomic E-state index is 0.0786. The SMILES string of the molecule is CCCC[C@H](O)[C@H](O)/C=C/C1=C(\C[C@H](O)CO)[C@H]2NC[C@@](C)(O)[C@H](c3ccc(O)cc3)C#C[C@H](C[C@@H]2CC[C@H](O)C2(CC(=O)O)CCCC2)c2ccccc2CC1. The molecule has 312 valence electrons. The number of hydrogen-bond acceptors (Lipinski definition) is 9. The molecular weight excluding hydrogens is 723 g/mol. The summed E-state index contributed by atoms with van der Waals surface area (Å²) in [5.41, 5.74) is 2.36. The third-order valence-electron chi connectivity index (χ3n) is 12.9. The molecule has 0 saturated heterocycles. The van der Waals surface area contributed by atoms with Crippen molar-refractivity contribution in [3.05, 3.63) is 88.5 Å². The minimum Gasteiger partial charge on any atom is -0.508 e. The number of carboxylic acid groups (broad SMARTS) is 1. The van der Waals surface area contributed by atoms with Gasteiger partial charge in [-0.25, -0.2) is 0 Å². The summed E-state index contributed by atoms with van der Waals surface area (Å²) in [5, 5.41) is 91.1. The second-order valence-electron chi connectivity index (χ2n) is 17.2. The van der Waals surface area contributed by atoms with Crippen molar-refractivity contribution in [2.75, 3.05) is 13.2 Å². The summed E-state index contributed by atoms with van der Waals surface area (Å²) in [6.45, 7) is 3.35. The van der Waals surface area contributed by atoms with Crippen molar-refractivity contribution in [3.63, 3.8) is 0 Å². The van der Waals surface area contributed by atoms with Crippen molar-refractivity contribution in [2.24, 2.45) is 11.3 Å². The van der Waals surface area contributed by atoms with Crippen LogP contribution in [0.3, 0.4) is 0 Å². The molecular formula is C47H65NO9. The van der Waals surface area contributed by atoms with Gasteiger partial charge in [0.1, 0.15) is 5.75 Å². The van der Waals surface area contributed by atoms with Gasteiger partial charge in [-0.05, 0) is 111 Å². The number of β-amino-alcohol motifs (C(OH)–C–C–N with tert-alkyl or cyclic N) is 1. The van der Waals surface area contributed by atoms with Gasteiger partial charge in [0.2, 0.25) is 0 Å². The molecule has 1 saturated carbocycles. The second-order valence-corrected chi connectivity index (χ2v) is 17.2. The molecule has 2 aromatic carbocycles. The fourth-order valence-electron chi connectivity index (χ4n) is 9.54. The van der Waals surface area contributed by atoms with Gasteiger partial charge in [-0.1, -0.05) is 93.0 Å². The zero-order valence-corrected chi connectivity index (χ0v) is 33.7. The van der Waals surface area contributed by atoms with E-state index in [9.17, 15) is 45.6 Å². The Morgan fingerprint density at radius 2 is 1.72 bits per heavy atom. The number of unbranched alkanes of at least 4 members (excludes halogenated alkanes) is 1. The molecule has 1 heterocycles. The fourth-order valence-corrected chi connectivity index (χ4v) is 9.54. The van der Waals surface area contributed by atoms with Gasteiger partial charge in [0.05, 0.1) is 49.0 Å². The lowest BCUT2D eigenvalue weighted by molar-refractivity contribution is -0.142. The van der Waals surface area contributed by atoms with Crippen LogP contribution in [0.2, 0.25) is 0 Å². The molecule has 0 amide bonds. The van der Waals surface area contributed by atoms with Gasteiger partial charge in [-0.15, -0.1) is 0 Å². The number of aliphatic carboxylic acids is 1. The number of aryl methyl sites for hydroxylation is 1. The molecule has 5 rings (SSSR count). The van der Waals surface area contributed by atoms with Crippen LogP contribution in [0.4, 0.5) is 0 Å². The van der Waals surface area contributed by atoms with E-state index in [4.69, 9.17) is 0 Å². The lowest BCUT2D eigenvalue weighted by atomic mass is 9.71. The topological polar surface area (TPSA) is 191 Å². The lowest BCUT2D eigenvalue weighted by Crippen LogP contribution is -2.50. The number of benzene rings is 2. The van der Waals surface area contributed by atoms with Gasteiger partial charge in [0.25, 0.3) is 0 Å². The number of phenolic OH excluding ortho intramolecular Hbond substituents is 1. The highest BCUT2D eigenvalue weighted by Gasteiger charge is 2.44. The standard InChI is InChI=1S/C47H65NO9/c1-3-4-11-41(52)42(53)22-17-32-13-12-31-9-5-6-10-38(31)34-16-21-40(33-14-19-36(50)20-15-33)46(2,57)30-48-45(39(32)27-37(51)29-49)35(26-34)18-23-43(54)47(28-44(55)56)24-7-8-25-47/h5-6,9-10,14-15,17,19-20,22,34-35,37,40-43,45,48-54,57H,3-4,7-8,11-13,18,23-30H2,1-2H3,(H,55,56)/b22-17+,39-32+/t34-,35+,37+,40+,41+,42-,43+,45+,46-/m1/s1. The predicted molar refractivity (Wildman–Crippen MR) is 220 cm³/mol. The predicted octanol–water partition coefficient (Wildman–Crippen LogP) is 5.62. The average Bonchev–Trinajstić information content (AvgIpc) is 3.67. The highest BCUT2D eigenvalue weighted by molar-refractivity contribution is 5.68. The van der Waals surface area contributed by atoms with Crippen molar-refractivity contribution in [1.82, 2.24) is 5.32 Å². The molecule has 0 unspecified atom stereocenters. The summed E-state index contributed by atoms with van der Waals surface area (Å²) in [4.78, 5) is 12.1. The van der Waals surface area contributed by atoms with Crippen LogP contribution in [0.1, 0.15) is 126 Å². The van der Waals surface area contributed by atoms with Crippen LogP contribution in [0.15, 0.2) is 71.8 Å². The summed E-state index contributed by atoms with van der Waals surface area (Å²) in [6, 6.07) is 14.4. The Kier molecular flexibility index (Phi) is 16.0. The molecule has 3 aliphatic rings. The van der Waals surface area contributed by atoms with E-state index in [0.717, 1.165) is 53.5 Å². The van der Waals surface area contributed by atoms with Gasteiger partial charge in [-0.3, -0.25) is 4.79 Å². The normalized spacial score (nSPS) is 28.5. The van der Waals surface area contributed by atoms with Crippen molar-refractivity contribution in [2.45, 2.75) is 152 Å². The Hall–Kier alpha value is -3.53. The maximum absolute atomic E-state index is 12.3. The number of hydrogen-bond donors (Lipinski definition) is 9. The second kappa shape index (κ2) is 20.4.